The monoisotopic (exact) mass is 518 g/mol. The third-order valence-corrected chi connectivity index (χ3v) is 7.38. The molecule has 1 aliphatic heterocycles. The summed E-state index contributed by atoms with van der Waals surface area (Å²) in [4.78, 5) is 46.8. The van der Waals surface area contributed by atoms with E-state index in [1.807, 2.05) is 45.9 Å². The first-order valence-corrected chi connectivity index (χ1v) is 13.1. The molecule has 200 valence electrons. The Morgan fingerprint density at radius 1 is 1.05 bits per heavy atom. The largest absolute Gasteiger partial charge is 0.369 e. The van der Waals surface area contributed by atoms with Gasteiger partial charge in [0.1, 0.15) is 5.82 Å². The number of halogens is 1. The molecule has 4 rings (SSSR count). The van der Waals surface area contributed by atoms with Crippen molar-refractivity contribution >= 4 is 29.1 Å². The molecule has 2 aromatic rings. The Labute approximate surface area is 223 Å². The summed E-state index contributed by atoms with van der Waals surface area (Å²) in [7, 11) is 0. The average Bonchev–Trinajstić information content (AvgIpc) is 3.33. The zero-order chi connectivity index (χ0) is 27.6. The number of amides is 3. The lowest BCUT2D eigenvalue weighted by Gasteiger charge is -2.36. The van der Waals surface area contributed by atoms with Crippen LogP contribution in [0.25, 0.3) is 0 Å². The van der Waals surface area contributed by atoms with E-state index in [0.29, 0.717) is 30.5 Å². The van der Waals surface area contributed by atoms with Gasteiger partial charge in [0.05, 0.1) is 22.7 Å². The third-order valence-electron chi connectivity index (χ3n) is 7.38. The van der Waals surface area contributed by atoms with Crippen LogP contribution in [0.2, 0.25) is 0 Å². The lowest BCUT2D eigenvalue weighted by Crippen LogP contribution is -2.54. The summed E-state index contributed by atoms with van der Waals surface area (Å²) < 4.78 is 15.0. The van der Waals surface area contributed by atoms with E-state index in [9.17, 15) is 14.4 Å². The molecular weight excluding hydrogens is 483 g/mol. The number of nitrogens with zero attached hydrogens (tertiary/aromatic N) is 2. The van der Waals surface area contributed by atoms with Gasteiger partial charge in [0.2, 0.25) is 18.0 Å². The number of primary amides is 1. The second-order valence-electron chi connectivity index (χ2n) is 10.8. The lowest BCUT2D eigenvalue weighted by atomic mass is 9.69. The molecule has 2 atom stereocenters. The molecule has 0 unspecified atom stereocenters. The van der Waals surface area contributed by atoms with E-state index in [-0.39, 0.29) is 23.2 Å². The summed E-state index contributed by atoms with van der Waals surface area (Å²) in [5, 5.41) is 2.83. The van der Waals surface area contributed by atoms with Gasteiger partial charge >= 0.3 is 0 Å². The van der Waals surface area contributed by atoms with Crippen LogP contribution in [0.4, 0.5) is 10.1 Å². The van der Waals surface area contributed by atoms with Crippen molar-refractivity contribution < 1.29 is 18.8 Å². The zero-order valence-electron chi connectivity index (χ0n) is 22.3. The van der Waals surface area contributed by atoms with Crippen LogP contribution in [0.1, 0.15) is 58.1 Å². The van der Waals surface area contributed by atoms with Crippen molar-refractivity contribution in [2.75, 3.05) is 4.90 Å². The van der Waals surface area contributed by atoms with E-state index in [1.54, 1.807) is 41.3 Å². The Kier molecular flexibility index (Phi) is 7.81. The van der Waals surface area contributed by atoms with Crippen molar-refractivity contribution in [3.63, 3.8) is 0 Å². The minimum Gasteiger partial charge on any atom is -0.369 e. The van der Waals surface area contributed by atoms with Gasteiger partial charge in [-0.05, 0) is 57.2 Å². The molecule has 0 spiro atoms. The highest BCUT2D eigenvalue weighted by Crippen LogP contribution is 2.43. The van der Waals surface area contributed by atoms with Crippen LogP contribution in [-0.2, 0) is 14.4 Å². The van der Waals surface area contributed by atoms with Gasteiger partial charge in [-0.25, -0.2) is 9.38 Å². The summed E-state index contributed by atoms with van der Waals surface area (Å²) >= 11 is 0. The van der Waals surface area contributed by atoms with Crippen LogP contribution in [0.3, 0.4) is 0 Å². The number of anilines is 1. The van der Waals surface area contributed by atoms with Crippen molar-refractivity contribution in [1.29, 1.82) is 0 Å². The first-order chi connectivity index (χ1) is 18.1. The van der Waals surface area contributed by atoms with Crippen molar-refractivity contribution in [1.82, 2.24) is 5.32 Å². The number of allylic oxidation sites excluding steroid dienone is 2. The molecule has 0 fully saturated rings. The van der Waals surface area contributed by atoms with Gasteiger partial charge in [0, 0.05) is 17.2 Å². The number of fused-ring (bicyclic) bond motifs is 1. The number of aliphatic imine (C=N–C) groups is 1. The van der Waals surface area contributed by atoms with E-state index < -0.39 is 41.0 Å². The zero-order valence-corrected chi connectivity index (χ0v) is 22.3. The minimum absolute atomic E-state index is 0.0984. The van der Waals surface area contributed by atoms with Crippen molar-refractivity contribution in [3.8, 4) is 0 Å². The number of hydrogen-bond donors (Lipinski definition) is 2. The molecule has 0 saturated carbocycles. The fourth-order valence-corrected chi connectivity index (χ4v) is 5.50. The summed E-state index contributed by atoms with van der Waals surface area (Å²) in [6.07, 6.45) is 3.55. The fourth-order valence-electron chi connectivity index (χ4n) is 5.50. The first-order valence-electron chi connectivity index (χ1n) is 13.1. The first kappa shape index (κ1) is 27.2. The van der Waals surface area contributed by atoms with Crippen LogP contribution in [-0.4, -0.2) is 35.6 Å². The Morgan fingerprint density at radius 3 is 2.24 bits per heavy atom. The summed E-state index contributed by atoms with van der Waals surface area (Å²) in [6, 6.07) is 13.2. The van der Waals surface area contributed by atoms with Crippen molar-refractivity contribution in [2.45, 2.75) is 59.2 Å². The van der Waals surface area contributed by atoms with E-state index in [2.05, 4.69) is 10.3 Å². The molecule has 0 bridgehead atoms. The van der Waals surface area contributed by atoms with Gasteiger partial charge in [-0.3, -0.25) is 14.4 Å². The number of carbonyl (C=O) groups excluding carboxylic acids is 3. The molecule has 7 nitrogen and oxygen atoms in total. The Hall–Kier alpha value is -3.81. The van der Waals surface area contributed by atoms with Crippen LogP contribution >= 0.6 is 0 Å². The highest BCUT2D eigenvalue weighted by Gasteiger charge is 2.49. The van der Waals surface area contributed by atoms with Gasteiger partial charge in [-0.1, -0.05) is 56.3 Å². The number of benzodiazepines with no additional fused rings is 1. The average molecular weight is 519 g/mol. The van der Waals surface area contributed by atoms with Crippen LogP contribution in [0.15, 0.2) is 65.7 Å². The number of hydrogen-bond acceptors (Lipinski definition) is 4. The number of para-hydroxylation sites is 1. The molecule has 3 N–H and O–H groups in total. The van der Waals surface area contributed by atoms with E-state index >= 15 is 4.39 Å². The second kappa shape index (κ2) is 10.9. The SMILES string of the molecule is CC(C)C[C@@H](C(=O)N[C@H]1N=C(c2ccccc2F)c2ccccc2N(C(C)C)C1=O)C1(C(N)=O)CC=CC1. The van der Waals surface area contributed by atoms with E-state index in [0.717, 1.165) is 0 Å². The minimum atomic E-state index is -1.32. The topological polar surface area (TPSA) is 105 Å². The maximum Gasteiger partial charge on any atom is 0.272 e. The molecule has 0 aromatic heterocycles. The molecular formula is C30H35FN4O3. The molecule has 2 aliphatic rings. The normalized spacial score (nSPS) is 19.2. The summed E-state index contributed by atoms with van der Waals surface area (Å²) in [5.74, 6) is -2.59. The van der Waals surface area contributed by atoms with Crippen LogP contribution in [0, 0.1) is 23.1 Å². The Bertz CT molecular complexity index is 1290. The molecule has 0 saturated heterocycles. The highest BCUT2D eigenvalue weighted by molar-refractivity contribution is 6.20. The number of rotatable bonds is 8. The number of benzene rings is 2. The summed E-state index contributed by atoms with van der Waals surface area (Å²) in [5.41, 5.74) is 6.46. The molecule has 1 heterocycles. The third kappa shape index (κ3) is 4.99. The van der Waals surface area contributed by atoms with Crippen molar-refractivity contribution in [3.05, 3.63) is 77.6 Å². The quantitative estimate of drug-likeness (QED) is 0.508. The molecule has 1 aliphatic carbocycles. The van der Waals surface area contributed by atoms with E-state index in [1.165, 1.54) is 6.07 Å². The predicted molar refractivity (Wildman–Crippen MR) is 146 cm³/mol. The maximum atomic E-state index is 15.0. The maximum absolute atomic E-state index is 15.0. The Balaban J connectivity index is 1.82. The number of nitrogens with one attached hydrogen (secondary N) is 1. The molecule has 0 radical (unpaired) electrons. The predicted octanol–water partition coefficient (Wildman–Crippen LogP) is 4.34. The number of carbonyl (C=O) groups is 3. The van der Waals surface area contributed by atoms with Gasteiger partial charge in [-0.15, -0.1) is 0 Å². The molecule has 8 heteroatoms. The van der Waals surface area contributed by atoms with Gasteiger partial charge in [-0.2, -0.15) is 0 Å². The fraction of sp³-hybridized carbons (Fsp3) is 0.400. The van der Waals surface area contributed by atoms with E-state index in [4.69, 9.17) is 5.73 Å². The van der Waals surface area contributed by atoms with Crippen LogP contribution in [0.5, 0.6) is 0 Å². The standard InChI is InChI=1S/C30H35FN4O3/c1-18(2)17-22(30(29(32)38)15-9-10-16-30)27(36)34-26-28(37)35(19(3)4)24-14-8-6-12-21(24)25(33-26)20-11-5-7-13-23(20)31/h5-14,18-19,22,26H,15-17H2,1-4H3,(H2,32,38)(H,34,36)/t22-,26+/m0/s1. The highest BCUT2D eigenvalue weighted by atomic mass is 19.1. The molecule has 2 aromatic carbocycles. The van der Waals surface area contributed by atoms with Crippen LogP contribution < -0.4 is 16.0 Å². The van der Waals surface area contributed by atoms with Gasteiger partial charge < -0.3 is 16.0 Å². The lowest BCUT2D eigenvalue weighted by molar-refractivity contribution is -0.141. The van der Waals surface area contributed by atoms with Crippen molar-refractivity contribution in [2.24, 2.45) is 28.0 Å². The number of nitrogens with two attached hydrogens (primary N) is 1. The smallest absolute Gasteiger partial charge is 0.272 e. The second-order valence-corrected chi connectivity index (χ2v) is 10.8. The summed E-state index contributed by atoms with van der Waals surface area (Å²) in [6.45, 7) is 7.68. The Morgan fingerprint density at radius 2 is 1.66 bits per heavy atom. The van der Waals surface area contributed by atoms with Gasteiger partial charge in [0.15, 0.2) is 0 Å². The molecule has 3 amide bonds. The molecule has 38 heavy (non-hydrogen) atoms. The van der Waals surface area contributed by atoms with Gasteiger partial charge in [0.25, 0.3) is 5.91 Å².